The molecule has 1 aromatic carbocycles. The Hall–Kier alpha value is -2.47. The summed E-state index contributed by atoms with van der Waals surface area (Å²) >= 11 is 0. The molecule has 0 bridgehead atoms. The summed E-state index contributed by atoms with van der Waals surface area (Å²) in [4.78, 5) is 22.7. The first-order chi connectivity index (χ1) is 13.6. The summed E-state index contributed by atoms with van der Waals surface area (Å²) in [5, 5.41) is 10.3. The number of β-amino-alcohol motifs (C(OH)–C–C–N with tert-alkyl or cyclic N) is 1. The third-order valence-corrected chi connectivity index (χ3v) is 5.24. The summed E-state index contributed by atoms with van der Waals surface area (Å²) in [6.07, 6.45) is 7.31. The smallest absolute Gasteiger partial charge is 0.222 e. The van der Waals surface area contributed by atoms with E-state index in [1.165, 1.54) is 5.56 Å². The summed E-state index contributed by atoms with van der Waals surface area (Å²) in [7, 11) is 0. The number of aliphatic hydroxyl groups excluding tert-OH is 1. The van der Waals surface area contributed by atoms with Gasteiger partial charge in [0.05, 0.1) is 18.4 Å². The molecule has 28 heavy (non-hydrogen) atoms. The molecule has 3 rings (SSSR count). The van der Waals surface area contributed by atoms with Crippen LogP contribution in [0.1, 0.15) is 36.6 Å². The van der Waals surface area contributed by atoms with Gasteiger partial charge in [-0.15, -0.1) is 0 Å². The first-order valence-electron chi connectivity index (χ1n) is 10.00. The number of aliphatic hydroxyl groups is 1. The Labute approximate surface area is 166 Å². The van der Waals surface area contributed by atoms with E-state index in [1.54, 1.807) is 23.5 Å². The molecule has 2 aromatic rings. The van der Waals surface area contributed by atoms with Crippen LogP contribution in [0.3, 0.4) is 0 Å². The molecule has 0 saturated carbocycles. The molecule has 1 aliphatic rings. The summed E-state index contributed by atoms with van der Waals surface area (Å²) in [5.41, 5.74) is 3.20. The largest absolute Gasteiger partial charge is 0.494 e. The molecule has 0 radical (unpaired) electrons. The predicted molar refractivity (Wildman–Crippen MR) is 107 cm³/mol. The Bertz CT molecular complexity index is 782. The van der Waals surface area contributed by atoms with Crippen molar-refractivity contribution in [2.45, 2.75) is 45.6 Å². The number of likely N-dealkylation sites (tertiary alicyclic amines) is 1. The molecule has 1 aromatic heterocycles. The Morgan fingerprint density at radius 1 is 1.32 bits per heavy atom. The number of benzene rings is 1. The van der Waals surface area contributed by atoms with Crippen molar-refractivity contribution in [2.75, 3.05) is 19.7 Å². The Balaban J connectivity index is 1.45. The van der Waals surface area contributed by atoms with Crippen LogP contribution in [-0.4, -0.2) is 51.7 Å². The normalized spacial score (nSPS) is 19.0. The van der Waals surface area contributed by atoms with Crippen LogP contribution in [0.15, 0.2) is 36.8 Å². The van der Waals surface area contributed by atoms with E-state index in [9.17, 15) is 9.90 Å². The van der Waals surface area contributed by atoms with E-state index in [-0.39, 0.29) is 11.8 Å². The van der Waals surface area contributed by atoms with Crippen LogP contribution in [-0.2, 0) is 17.6 Å². The predicted octanol–water partition coefficient (Wildman–Crippen LogP) is 2.57. The number of carbonyl (C=O) groups excluding carboxylic acids is 1. The third kappa shape index (κ3) is 5.29. The lowest BCUT2D eigenvalue weighted by Crippen LogP contribution is -2.29. The first-order valence-corrected chi connectivity index (χ1v) is 10.00. The van der Waals surface area contributed by atoms with Crippen LogP contribution < -0.4 is 4.74 Å². The van der Waals surface area contributed by atoms with Gasteiger partial charge in [-0.25, -0.2) is 0 Å². The summed E-state index contributed by atoms with van der Waals surface area (Å²) in [5.74, 6) is 1.06. The number of hydrogen-bond donors (Lipinski definition) is 1. The van der Waals surface area contributed by atoms with Gasteiger partial charge in [-0.3, -0.25) is 14.8 Å². The van der Waals surface area contributed by atoms with Gasteiger partial charge in [0.25, 0.3) is 0 Å². The summed E-state index contributed by atoms with van der Waals surface area (Å²) in [6.45, 7) is 5.67. The maximum atomic E-state index is 12.6. The van der Waals surface area contributed by atoms with Crippen molar-refractivity contribution in [2.24, 2.45) is 5.92 Å². The third-order valence-electron chi connectivity index (χ3n) is 5.24. The topological polar surface area (TPSA) is 75.5 Å². The Morgan fingerprint density at radius 2 is 2.18 bits per heavy atom. The van der Waals surface area contributed by atoms with Gasteiger partial charge in [-0.05, 0) is 50.3 Å². The van der Waals surface area contributed by atoms with Crippen molar-refractivity contribution in [1.29, 1.82) is 0 Å². The van der Waals surface area contributed by atoms with Crippen LogP contribution in [0.2, 0.25) is 0 Å². The maximum absolute atomic E-state index is 12.6. The standard InChI is InChI=1S/C22H29N3O3/c1-3-28-21-8-7-17(11-16(21)2)5-4-6-22(27)25-14-18(20(26)15-25)12-19-13-23-9-10-24-19/h7-11,13,18,20,26H,3-6,12,14-15H2,1-2H3/t18-,20-/m1/s1. The molecule has 6 heteroatoms. The SMILES string of the molecule is CCOc1ccc(CCCC(=O)N2C[C@@H](Cc3cnccn3)[C@H](O)C2)cc1C. The molecule has 1 amide bonds. The molecular weight excluding hydrogens is 354 g/mol. The molecule has 150 valence electrons. The molecule has 0 spiro atoms. The van der Waals surface area contributed by atoms with Crippen LogP contribution in [0.25, 0.3) is 0 Å². The quantitative estimate of drug-likeness (QED) is 0.758. The van der Waals surface area contributed by atoms with E-state index < -0.39 is 6.10 Å². The van der Waals surface area contributed by atoms with Crippen molar-refractivity contribution >= 4 is 5.91 Å². The lowest BCUT2D eigenvalue weighted by Gasteiger charge is -2.16. The molecule has 2 heterocycles. The highest BCUT2D eigenvalue weighted by Crippen LogP contribution is 2.23. The number of aryl methyl sites for hydroxylation is 2. The van der Waals surface area contributed by atoms with E-state index in [1.807, 2.05) is 19.9 Å². The van der Waals surface area contributed by atoms with Gasteiger partial charge in [-0.1, -0.05) is 12.1 Å². The maximum Gasteiger partial charge on any atom is 0.222 e. The lowest BCUT2D eigenvalue weighted by molar-refractivity contribution is -0.130. The Kier molecular flexibility index (Phi) is 6.98. The van der Waals surface area contributed by atoms with E-state index >= 15 is 0 Å². The number of hydrogen-bond acceptors (Lipinski definition) is 5. The first kappa shape index (κ1) is 20.3. The van der Waals surface area contributed by atoms with Crippen molar-refractivity contribution in [3.8, 4) is 5.75 Å². The average Bonchev–Trinajstić information content (AvgIpc) is 3.05. The van der Waals surface area contributed by atoms with Gasteiger partial charge in [0, 0.05) is 44.0 Å². The number of ether oxygens (including phenoxy) is 1. The zero-order valence-corrected chi connectivity index (χ0v) is 16.7. The van der Waals surface area contributed by atoms with Gasteiger partial charge < -0.3 is 14.7 Å². The highest BCUT2D eigenvalue weighted by atomic mass is 16.5. The fraction of sp³-hybridized carbons (Fsp3) is 0.500. The minimum atomic E-state index is -0.500. The molecule has 1 N–H and O–H groups in total. The van der Waals surface area contributed by atoms with Gasteiger partial charge in [0.1, 0.15) is 5.75 Å². The minimum Gasteiger partial charge on any atom is -0.494 e. The highest BCUT2D eigenvalue weighted by Gasteiger charge is 2.33. The zero-order valence-electron chi connectivity index (χ0n) is 16.7. The van der Waals surface area contributed by atoms with E-state index in [2.05, 4.69) is 22.1 Å². The zero-order chi connectivity index (χ0) is 19.9. The van der Waals surface area contributed by atoms with Crippen molar-refractivity contribution in [3.63, 3.8) is 0 Å². The summed E-state index contributed by atoms with van der Waals surface area (Å²) < 4.78 is 5.57. The average molecular weight is 383 g/mol. The van der Waals surface area contributed by atoms with E-state index in [0.29, 0.717) is 32.5 Å². The van der Waals surface area contributed by atoms with Crippen LogP contribution in [0.4, 0.5) is 0 Å². The lowest BCUT2D eigenvalue weighted by atomic mass is 10.0. The molecule has 1 fully saturated rings. The Morgan fingerprint density at radius 3 is 2.89 bits per heavy atom. The summed E-state index contributed by atoms with van der Waals surface area (Å²) in [6, 6.07) is 6.20. The van der Waals surface area contributed by atoms with Gasteiger partial charge >= 0.3 is 0 Å². The molecule has 1 saturated heterocycles. The van der Waals surface area contributed by atoms with E-state index in [0.717, 1.165) is 29.8 Å². The molecule has 0 unspecified atom stereocenters. The second-order valence-corrected chi connectivity index (χ2v) is 7.41. The van der Waals surface area contributed by atoms with Crippen LogP contribution >= 0.6 is 0 Å². The molecular formula is C22H29N3O3. The number of aromatic nitrogens is 2. The molecule has 1 aliphatic heterocycles. The van der Waals surface area contributed by atoms with Gasteiger partial charge in [0.2, 0.25) is 5.91 Å². The fourth-order valence-corrected chi connectivity index (χ4v) is 3.75. The van der Waals surface area contributed by atoms with Gasteiger partial charge in [-0.2, -0.15) is 0 Å². The number of amides is 1. The molecule has 6 nitrogen and oxygen atoms in total. The van der Waals surface area contributed by atoms with Gasteiger partial charge in [0.15, 0.2) is 0 Å². The van der Waals surface area contributed by atoms with Crippen molar-refractivity contribution < 1.29 is 14.6 Å². The monoisotopic (exact) mass is 383 g/mol. The highest BCUT2D eigenvalue weighted by molar-refractivity contribution is 5.76. The molecule has 2 atom stereocenters. The van der Waals surface area contributed by atoms with Crippen molar-refractivity contribution in [1.82, 2.24) is 14.9 Å². The number of nitrogens with zero attached hydrogens (tertiary/aromatic N) is 3. The fourth-order valence-electron chi connectivity index (χ4n) is 3.75. The second-order valence-electron chi connectivity index (χ2n) is 7.41. The number of rotatable bonds is 8. The van der Waals surface area contributed by atoms with Crippen molar-refractivity contribution in [3.05, 3.63) is 53.6 Å². The van der Waals surface area contributed by atoms with E-state index in [4.69, 9.17) is 4.74 Å². The molecule has 0 aliphatic carbocycles. The minimum absolute atomic E-state index is 0.0226. The number of carbonyl (C=O) groups is 1. The van der Waals surface area contributed by atoms with Crippen LogP contribution in [0.5, 0.6) is 5.75 Å². The second kappa shape index (κ2) is 9.64. The van der Waals surface area contributed by atoms with Crippen LogP contribution in [0, 0.1) is 12.8 Å².